The summed E-state index contributed by atoms with van der Waals surface area (Å²) >= 11 is 0. The number of hydrogen-bond donors (Lipinski definition) is 3. The number of nitrogens with one attached hydrogen (secondary N) is 1. The summed E-state index contributed by atoms with van der Waals surface area (Å²) in [4.78, 5) is 52.4. The molecule has 3 rings (SSSR count). The third kappa shape index (κ3) is 4.74. The van der Waals surface area contributed by atoms with Crippen LogP contribution in [0.1, 0.15) is 20.1 Å². The predicted molar refractivity (Wildman–Crippen MR) is 92.0 cm³/mol. The smallest absolute Gasteiger partial charge is 0.454 e. The second kappa shape index (κ2) is 8.08. The third-order valence-corrected chi connectivity index (χ3v) is 4.39. The molecule has 13 nitrogen and oxygen atoms in total. The Kier molecular flexibility index (Phi) is 5.91. The Balaban J connectivity index is 1.95. The van der Waals surface area contributed by atoms with Gasteiger partial charge in [-0.3, -0.25) is 18.7 Å². The fourth-order valence-corrected chi connectivity index (χ4v) is 3.18. The van der Waals surface area contributed by atoms with Crippen molar-refractivity contribution in [2.24, 2.45) is 0 Å². The van der Waals surface area contributed by atoms with Crippen LogP contribution >= 0.6 is 7.82 Å². The van der Waals surface area contributed by atoms with E-state index in [0.717, 1.165) is 13.3 Å². The first-order chi connectivity index (χ1) is 13.6. The van der Waals surface area contributed by atoms with Crippen molar-refractivity contribution in [3.05, 3.63) is 12.7 Å². The van der Waals surface area contributed by atoms with Gasteiger partial charge in [0, 0.05) is 13.8 Å². The number of phosphoric ester groups is 1. The number of hydrogen-bond acceptors (Lipinski definition) is 9. The molecule has 0 saturated carbocycles. The molecule has 0 spiro atoms. The molecule has 2 aromatic heterocycles. The number of esters is 1. The molecule has 2 unspecified atom stereocenters. The molecule has 3 heterocycles. The quantitative estimate of drug-likeness (QED) is 0.415. The number of amides is 1. The van der Waals surface area contributed by atoms with Crippen LogP contribution in [0.15, 0.2) is 12.7 Å². The summed E-state index contributed by atoms with van der Waals surface area (Å²) < 4.78 is 41.8. The van der Waals surface area contributed by atoms with Crippen LogP contribution in [0.3, 0.4) is 0 Å². The Morgan fingerprint density at radius 2 is 2.07 bits per heavy atom. The molecule has 0 bridgehead atoms. The van der Waals surface area contributed by atoms with E-state index in [2.05, 4.69) is 24.8 Å². The minimum absolute atomic E-state index is 0.112. The Bertz CT molecular complexity index is 980. The molecule has 0 aliphatic carbocycles. The van der Waals surface area contributed by atoms with Crippen LogP contribution in [0.4, 0.5) is 10.2 Å². The minimum atomic E-state index is -4.87. The first kappa shape index (κ1) is 21.2. The normalized spacial score (nSPS) is 24.6. The molecule has 29 heavy (non-hydrogen) atoms. The van der Waals surface area contributed by atoms with E-state index >= 15 is 0 Å². The zero-order valence-electron chi connectivity index (χ0n) is 15.1. The lowest BCUT2D eigenvalue weighted by Crippen LogP contribution is -2.33. The van der Waals surface area contributed by atoms with Gasteiger partial charge in [-0.1, -0.05) is 0 Å². The molecule has 1 saturated heterocycles. The van der Waals surface area contributed by atoms with Crippen molar-refractivity contribution in [3.8, 4) is 0 Å². The van der Waals surface area contributed by atoms with E-state index in [1.165, 1.54) is 17.8 Å². The van der Waals surface area contributed by atoms with Crippen molar-refractivity contribution in [2.45, 2.75) is 38.5 Å². The summed E-state index contributed by atoms with van der Waals surface area (Å²) in [6.45, 7) is 1.58. The third-order valence-electron chi connectivity index (χ3n) is 3.90. The summed E-state index contributed by atoms with van der Waals surface area (Å²) in [5.41, 5.74) is 0.327. The lowest BCUT2D eigenvalue weighted by Gasteiger charge is -2.20. The predicted octanol–water partition coefficient (Wildman–Crippen LogP) is 0.0612. The molecule has 0 radical (unpaired) electrons. The molecule has 15 heteroatoms. The molecule has 1 aliphatic rings. The summed E-state index contributed by atoms with van der Waals surface area (Å²) in [5, 5.41) is 2.48. The van der Waals surface area contributed by atoms with Gasteiger partial charge in [-0.25, -0.2) is 23.9 Å². The van der Waals surface area contributed by atoms with E-state index in [4.69, 9.17) is 19.3 Å². The molecule has 158 valence electrons. The highest BCUT2D eigenvalue weighted by Crippen LogP contribution is 2.40. The fourth-order valence-electron chi connectivity index (χ4n) is 2.84. The summed E-state index contributed by atoms with van der Waals surface area (Å²) in [6, 6.07) is 0. The van der Waals surface area contributed by atoms with Gasteiger partial charge in [-0.05, 0) is 0 Å². The summed E-state index contributed by atoms with van der Waals surface area (Å²) in [6.07, 6.45) is -3.75. The van der Waals surface area contributed by atoms with Crippen LogP contribution in [-0.4, -0.2) is 66.2 Å². The maximum absolute atomic E-state index is 14.8. The Hall–Kier alpha value is -2.51. The highest BCUT2D eigenvalue weighted by atomic mass is 31.2. The largest absolute Gasteiger partial charge is 0.469 e. The lowest BCUT2D eigenvalue weighted by atomic mass is 10.1. The fraction of sp³-hybridized carbons (Fsp3) is 0.500. The maximum atomic E-state index is 14.8. The van der Waals surface area contributed by atoms with Gasteiger partial charge >= 0.3 is 13.8 Å². The first-order valence-electron chi connectivity index (χ1n) is 8.19. The van der Waals surface area contributed by atoms with Gasteiger partial charge < -0.3 is 24.6 Å². The number of carbonyl (C=O) groups is 2. The molecule has 1 aliphatic heterocycles. The van der Waals surface area contributed by atoms with E-state index in [1.54, 1.807) is 0 Å². The summed E-state index contributed by atoms with van der Waals surface area (Å²) in [5.74, 6) is -1.07. The number of ether oxygens (including phenoxy) is 2. The Labute approximate surface area is 162 Å². The lowest BCUT2D eigenvalue weighted by molar-refractivity contribution is -0.154. The van der Waals surface area contributed by atoms with E-state index in [0.29, 0.717) is 0 Å². The van der Waals surface area contributed by atoms with Gasteiger partial charge in [0.05, 0.1) is 12.9 Å². The number of anilines is 1. The number of alkyl halides is 1. The molecular formula is C14H17FN5O8P. The van der Waals surface area contributed by atoms with Gasteiger partial charge in [-0.2, -0.15) is 0 Å². The number of rotatable bonds is 6. The van der Waals surface area contributed by atoms with Gasteiger partial charge in [0.25, 0.3) is 0 Å². The van der Waals surface area contributed by atoms with Crippen LogP contribution in [0.25, 0.3) is 11.2 Å². The highest BCUT2D eigenvalue weighted by Gasteiger charge is 2.49. The van der Waals surface area contributed by atoms with Gasteiger partial charge in [-0.15, -0.1) is 0 Å². The maximum Gasteiger partial charge on any atom is 0.469 e. The van der Waals surface area contributed by atoms with Gasteiger partial charge in [0.1, 0.15) is 12.4 Å². The number of fused-ring (bicyclic) bond motifs is 1. The zero-order chi connectivity index (χ0) is 21.3. The highest BCUT2D eigenvalue weighted by molar-refractivity contribution is 7.46. The topological polar surface area (TPSA) is 175 Å². The number of imidazole rings is 1. The van der Waals surface area contributed by atoms with Gasteiger partial charge in [0.15, 0.2) is 35.5 Å². The van der Waals surface area contributed by atoms with Crippen molar-refractivity contribution in [1.29, 1.82) is 0 Å². The van der Waals surface area contributed by atoms with E-state index in [-0.39, 0.29) is 17.0 Å². The molecule has 2 aromatic rings. The Morgan fingerprint density at radius 1 is 1.34 bits per heavy atom. The number of phosphoric acid groups is 1. The number of carbonyl (C=O) groups excluding carboxylic acids is 2. The van der Waals surface area contributed by atoms with Crippen LogP contribution in [0.5, 0.6) is 0 Å². The second-order valence-corrected chi connectivity index (χ2v) is 7.34. The van der Waals surface area contributed by atoms with Crippen molar-refractivity contribution < 1.29 is 42.3 Å². The monoisotopic (exact) mass is 433 g/mol. The van der Waals surface area contributed by atoms with Crippen LogP contribution < -0.4 is 5.32 Å². The molecule has 1 fully saturated rings. The van der Waals surface area contributed by atoms with E-state index in [1.807, 2.05) is 0 Å². The minimum Gasteiger partial charge on any atom is -0.454 e. The first-order valence-corrected chi connectivity index (χ1v) is 9.72. The standard InChI is InChI=1S/C14H17FN5O8P/c1-6(21)19-12-10-13(17-4-16-12)20(5-18-10)14-11(27-7(2)22)9(15)8(28-14)3-26-29(23,24)25/h4-5,8-9,11,14H,3H2,1-2H3,(H2,23,24,25)(H,16,17,19,21)/t8-,9?,11?,14-/m1/s1. The van der Waals surface area contributed by atoms with Crippen molar-refractivity contribution in [3.63, 3.8) is 0 Å². The summed E-state index contributed by atoms with van der Waals surface area (Å²) in [7, 11) is -4.87. The van der Waals surface area contributed by atoms with Crippen molar-refractivity contribution in [1.82, 2.24) is 19.5 Å². The van der Waals surface area contributed by atoms with Crippen molar-refractivity contribution >= 4 is 36.7 Å². The van der Waals surface area contributed by atoms with Crippen molar-refractivity contribution in [2.75, 3.05) is 11.9 Å². The molecule has 4 atom stereocenters. The van der Waals surface area contributed by atoms with E-state index in [9.17, 15) is 18.5 Å². The van der Waals surface area contributed by atoms with E-state index < -0.39 is 50.9 Å². The second-order valence-electron chi connectivity index (χ2n) is 6.10. The van der Waals surface area contributed by atoms with Crippen LogP contribution in [0.2, 0.25) is 0 Å². The average Bonchev–Trinajstić information content (AvgIpc) is 3.15. The molecule has 1 amide bonds. The number of halogens is 1. The SMILES string of the molecule is CC(=O)Nc1ncnc2c1ncn2[C@@H]1O[C@H](COP(=O)(O)O)C(F)C1OC(C)=O. The average molecular weight is 433 g/mol. The van der Waals surface area contributed by atoms with Gasteiger partial charge in [0.2, 0.25) is 5.91 Å². The van der Waals surface area contributed by atoms with Crippen LogP contribution in [-0.2, 0) is 28.2 Å². The zero-order valence-corrected chi connectivity index (χ0v) is 16.0. The van der Waals surface area contributed by atoms with Crippen LogP contribution in [0, 0.1) is 0 Å². The number of aromatic nitrogens is 4. The Morgan fingerprint density at radius 3 is 2.69 bits per heavy atom. The molecule has 0 aromatic carbocycles. The number of nitrogens with zero attached hydrogens (tertiary/aromatic N) is 4. The molecular weight excluding hydrogens is 416 g/mol. The molecule has 3 N–H and O–H groups in total.